The third-order valence-electron chi connectivity index (χ3n) is 3.56. The minimum absolute atomic E-state index is 0.715. The smallest absolute Gasteiger partial charge is 0.00202 e. The first-order chi connectivity index (χ1) is 9.28. The largest absolute Gasteiger partial charge is 0.319 e. The van der Waals surface area contributed by atoms with E-state index in [1.165, 1.54) is 36.0 Å². The third-order valence-corrected chi connectivity index (χ3v) is 4.29. The van der Waals surface area contributed by atoms with Gasteiger partial charge in [-0.25, -0.2) is 0 Å². The van der Waals surface area contributed by atoms with Crippen LogP contribution in [0.25, 0.3) is 0 Å². The maximum absolute atomic E-state index is 3.33. The Labute approximate surface area is 120 Å². The lowest BCUT2D eigenvalue weighted by Gasteiger charge is -2.16. The molecule has 0 saturated heterocycles. The zero-order valence-corrected chi connectivity index (χ0v) is 12.7. The van der Waals surface area contributed by atoms with Crippen LogP contribution in [-0.2, 0) is 12.8 Å². The summed E-state index contributed by atoms with van der Waals surface area (Å²) in [5, 5.41) is 7.77. The molecule has 19 heavy (non-hydrogen) atoms. The molecular weight excluding hydrogens is 250 g/mol. The number of thiophene rings is 1. The van der Waals surface area contributed by atoms with Gasteiger partial charge in [0.15, 0.2) is 0 Å². The van der Waals surface area contributed by atoms with Gasteiger partial charge in [0.05, 0.1) is 0 Å². The Bertz CT molecular complexity index is 459. The van der Waals surface area contributed by atoms with Crippen molar-refractivity contribution < 1.29 is 0 Å². The van der Waals surface area contributed by atoms with Crippen LogP contribution < -0.4 is 5.32 Å². The molecule has 1 aromatic heterocycles. The SMILES string of the molecule is CNCC(CCc1ccsc1)Cc1ccc(C)cc1. The van der Waals surface area contributed by atoms with Gasteiger partial charge in [0.25, 0.3) is 0 Å². The predicted octanol–water partition coefficient (Wildman–Crippen LogP) is 4.07. The Hall–Kier alpha value is -1.12. The highest BCUT2D eigenvalue weighted by atomic mass is 32.1. The summed E-state index contributed by atoms with van der Waals surface area (Å²) in [6, 6.07) is 11.2. The number of rotatable bonds is 7. The fourth-order valence-electron chi connectivity index (χ4n) is 2.43. The molecule has 2 heteroatoms. The minimum atomic E-state index is 0.715. The lowest BCUT2D eigenvalue weighted by atomic mass is 9.93. The first-order valence-corrected chi connectivity index (χ1v) is 7.93. The molecule has 0 saturated carbocycles. The second-order valence-corrected chi connectivity index (χ2v) is 6.06. The minimum Gasteiger partial charge on any atom is -0.319 e. The zero-order chi connectivity index (χ0) is 13.5. The molecule has 0 fully saturated rings. The standard InChI is InChI=1S/C17H23NS/c1-14-3-5-15(6-4-14)11-17(12-18-2)8-7-16-9-10-19-13-16/h3-6,9-10,13,17-18H,7-8,11-12H2,1-2H3. The predicted molar refractivity (Wildman–Crippen MR) is 84.9 cm³/mol. The van der Waals surface area contributed by atoms with Gasteiger partial charge in [0.1, 0.15) is 0 Å². The molecule has 1 nitrogen and oxygen atoms in total. The lowest BCUT2D eigenvalue weighted by Crippen LogP contribution is -2.21. The molecule has 1 N–H and O–H groups in total. The van der Waals surface area contributed by atoms with E-state index in [1.54, 1.807) is 11.3 Å². The Morgan fingerprint density at radius 1 is 1.11 bits per heavy atom. The van der Waals surface area contributed by atoms with Gasteiger partial charge in [0.2, 0.25) is 0 Å². The second-order valence-electron chi connectivity index (χ2n) is 5.28. The Kier molecular flexibility index (Phi) is 5.62. The van der Waals surface area contributed by atoms with E-state index < -0.39 is 0 Å². The van der Waals surface area contributed by atoms with Gasteiger partial charge in [-0.05, 0) is 73.6 Å². The normalized spacial score (nSPS) is 12.5. The van der Waals surface area contributed by atoms with Crippen LogP contribution in [0.2, 0.25) is 0 Å². The molecule has 1 unspecified atom stereocenters. The summed E-state index contributed by atoms with van der Waals surface area (Å²) in [5.74, 6) is 0.715. The molecule has 1 aromatic carbocycles. The third kappa shape index (κ3) is 4.81. The Balaban J connectivity index is 1.89. The highest BCUT2D eigenvalue weighted by Gasteiger charge is 2.09. The summed E-state index contributed by atoms with van der Waals surface area (Å²) in [6.45, 7) is 3.24. The van der Waals surface area contributed by atoms with Gasteiger partial charge < -0.3 is 5.32 Å². The van der Waals surface area contributed by atoms with Crippen molar-refractivity contribution in [1.82, 2.24) is 5.32 Å². The van der Waals surface area contributed by atoms with Crippen LogP contribution in [0, 0.1) is 12.8 Å². The highest BCUT2D eigenvalue weighted by molar-refractivity contribution is 7.07. The first-order valence-electron chi connectivity index (χ1n) is 6.99. The van der Waals surface area contributed by atoms with Crippen LogP contribution in [0.1, 0.15) is 23.1 Å². The first kappa shape index (κ1) is 14.3. The van der Waals surface area contributed by atoms with E-state index >= 15 is 0 Å². The van der Waals surface area contributed by atoms with Crippen LogP contribution >= 0.6 is 11.3 Å². The van der Waals surface area contributed by atoms with E-state index in [2.05, 4.69) is 53.3 Å². The van der Waals surface area contributed by atoms with Gasteiger partial charge in [-0.15, -0.1) is 0 Å². The van der Waals surface area contributed by atoms with Crippen molar-refractivity contribution in [1.29, 1.82) is 0 Å². The summed E-state index contributed by atoms with van der Waals surface area (Å²) >= 11 is 1.79. The maximum Gasteiger partial charge on any atom is -0.00202 e. The van der Waals surface area contributed by atoms with Crippen molar-refractivity contribution in [3.05, 3.63) is 57.8 Å². The molecule has 0 radical (unpaired) electrons. The average Bonchev–Trinajstić information content (AvgIpc) is 2.92. The molecule has 0 aliphatic carbocycles. The van der Waals surface area contributed by atoms with Crippen LogP contribution in [0.15, 0.2) is 41.1 Å². The van der Waals surface area contributed by atoms with Crippen molar-refractivity contribution in [2.45, 2.75) is 26.2 Å². The number of aryl methyl sites for hydroxylation is 2. The summed E-state index contributed by atoms with van der Waals surface area (Å²) in [7, 11) is 2.05. The van der Waals surface area contributed by atoms with Gasteiger partial charge in [-0.1, -0.05) is 29.8 Å². The second kappa shape index (κ2) is 7.46. The molecule has 0 bridgehead atoms. The van der Waals surface area contributed by atoms with Crippen LogP contribution in [0.4, 0.5) is 0 Å². The molecule has 0 spiro atoms. The number of benzene rings is 1. The molecule has 1 atom stereocenters. The van der Waals surface area contributed by atoms with Crippen molar-refractivity contribution in [2.24, 2.45) is 5.92 Å². The van der Waals surface area contributed by atoms with Gasteiger partial charge in [0, 0.05) is 0 Å². The topological polar surface area (TPSA) is 12.0 Å². The fourth-order valence-corrected chi connectivity index (χ4v) is 3.13. The number of hydrogen-bond donors (Lipinski definition) is 1. The Morgan fingerprint density at radius 3 is 2.53 bits per heavy atom. The summed E-state index contributed by atoms with van der Waals surface area (Å²) in [5.41, 5.74) is 4.28. The van der Waals surface area contributed by atoms with Crippen molar-refractivity contribution in [2.75, 3.05) is 13.6 Å². The molecule has 2 rings (SSSR count). The number of hydrogen-bond acceptors (Lipinski definition) is 2. The molecule has 2 aromatic rings. The van der Waals surface area contributed by atoms with Gasteiger partial charge in [-0.2, -0.15) is 11.3 Å². The monoisotopic (exact) mass is 273 g/mol. The summed E-state index contributed by atoms with van der Waals surface area (Å²) < 4.78 is 0. The quantitative estimate of drug-likeness (QED) is 0.802. The van der Waals surface area contributed by atoms with Crippen molar-refractivity contribution in [3.63, 3.8) is 0 Å². The van der Waals surface area contributed by atoms with E-state index in [4.69, 9.17) is 0 Å². The van der Waals surface area contributed by atoms with Gasteiger partial charge >= 0.3 is 0 Å². The van der Waals surface area contributed by atoms with E-state index in [1.807, 2.05) is 7.05 Å². The summed E-state index contributed by atoms with van der Waals surface area (Å²) in [4.78, 5) is 0. The lowest BCUT2D eigenvalue weighted by molar-refractivity contribution is 0.461. The van der Waals surface area contributed by atoms with Crippen molar-refractivity contribution >= 4 is 11.3 Å². The Morgan fingerprint density at radius 2 is 1.89 bits per heavy atom. The fraction of sp³-hybridized carbons (Fsp3) is 0.412. The molecule has 1 heterocycles. The van der Waals surface area contributed by atoms with Crippen molar-refractivity contribution in [3.8, 4) is 0 Å². The molecule has 0 aliphatic rings. The summed E-state index contributed by atoms with van der Waals surface area (Å²) in [6.07, 6.45) is 3.62. The molecule has 102 valence electrons. The molecule has 0 aliphatic heterocycles. The highest BCUT2D eigenvalue weighted by Crippen LogP contribution is 2.17. The van der Waals surface area contributed by atoms with Crippen LogP contribution in [0.5, 0.6) is 0 Å². The van der Waals surface area contributed by atoms with Crippen LogP contribution in [-0.4, -0.2) is 13.6 Å². The van der Waals surface area contributed by atoms with E-state index in [-0.39, 0.29) is 0 Å². The molecular formula is C17H23NS. The van der Waals surface area contributed by atoms with E-state index in [9.17, 15) is 0 Å². The van der Waals surface area contributed by atoms with E-state index in [0.717, 1.165) is 6.54 Å². The average molecular weight is 273 g/mol. The zero-order valence-electron chi connectivity index (χ0n) is 11.9. The van der Waals surface area contributed by atoms with E-state index in [0.29, 0.717) is 5.92 Å². The molecule has 0 amide bonds. The van der Waals surface area contributed by atoms with Crippen LogP contribution in [0.3, 0.4) is 0 Å². The number of nitrogens with one attached hydrogen (secondary N) is 1. The van der Waals surface area contributed by atoms with Gasteiger partial charge in [-0.3, -0.25) is 0 Å². The maximum atomic E-state index is 3.33.